The maximum absolute atomic E-state index is 12.8. The van der Waals surface area contributed by atoms with Crippen molar-refractivity contribution in [3.05, 3.63) is 12.4 Å². The van der Waals surface area contributed by atoms with Gasteiger partial charge in [-0.1, -0.05) is 0 Å². The number of nitrogens with one attached hydrogen (secondary N) is 1. The predicted molar refractivity (Wildman–Crippen MR) is 50.2 cm³/mol. The highest BCUT2D eigenvalue weighted by Gasteiger charge is 2.30. The summed E-state index contributed by atoms with van der Waals surface area (Å²) in [5.74, 6) is -2.37. The van der Waals surface area contributed by atoms with Gasteiger partial charge in [-0.05, 0) is 6.92 Å². The average Bonchev–Trinajstić information content (AvgIpc) is 2.02. The molecule has 3 N–H and O–H groups in total. The van der Waals surface area contributed by atoms with Gasteiger partial charge in [0.2, 0.25) is 0 Å². The summed E-state index contributed by atoms with van der Waals surface area (Å²) in [5.41, 5.74) is 5.34. The lowest BCUT2D eigenvalue weighted by atomic mass is 10.2. The zero-order chi connectivity index (χ0) is 10.8. The van der Waals surface area contributed by atoms with E-state index in [1.165, 1.54) is 19.3 Å². The third kappa shape index (κ3) is 2.79. The molecule has 0 spiro atoms. The number of nitrogens with zero attached hydrogens (tertiary/aromatic N) is 2. The largest absolute Gasteiger partial charge is 0.382 e. The van der Waals surface area contributed by atoms with Crippen LogP contribution in [0.3, 0.4) is 0 Å². The number of anilines is 2. The molecule has 1 aromatic rings. The van der Waals surface area contributed by atoms with Crippen LogP contribution in [-0.4, -0.2) is 21.9 Å². The van der Waals surface area contributed by atoms with Crippen LogP contribution >= 0.6 is 0 Å². The summed E-state index contributed by atoms with van der Waals surface area (Å²) >= 11 is 0. The fraction of sp³-hybridized carbons (Fsp3) is 0.500. The van der Waals surface area contributed by atoms with Gasteiger partial charge in [-0.15, -0.1) is 0 Å². The SMILES string of the molecule is CC(Nc1cncc(N)n1)C(C)(F)F. The van der Waals surface area contributed by atoms with Gasteiger partial charge in [-0.2, -0.15) is 0 Å². The van der Waals surface area contributed by atoms with Gasteiger partial charge in [0.05, 0.1) is 18.4 Å². The highest BCUT2D eigenvalue weighted by molar-refractivity contribution is 5.39. The molecule has 4 nitrogen and oxygen atoms in total. The van der Waals surface area contributed by atoms with Gasteiger partial charge in [-0.3, -0.25) is 4.98 Å². The van der Waals surface area contributed by atoms with Crippen molar-refractivity contribution in [1.29, 1.82) is 0 Å². The van der Waals surface area contributed by atoms with Crippen LogP contribution in [0, 0.1) is 0 Å². The van der Waals surface area contributed by atoms with Crippen molar-refractivity contribution in [2.24, 2.45) is 0 Å². The van der Waals surface area contributed by atoms with Crippen molar-refractivity contribution in [2.75, 3.05) is 11.1 Å². The van der Waals surface area contributed by atoms with Crippen LogP contribution in [0.1, 0.15) is 13.8 Å². The minimum absolute atomic E-state index is 0.196. The first-order valence-electron chi connectivity index (χ1n) is 4.11. The van der Waals surface area contributed by atoms with Crippen molar-refractivity contribution in [3.63, 3.8) is 0 Å². The van der Waals surface area contributed by atoms with Crippen LogP contribution in [0.4, 0.5) is 20.4 Å². The Morgan fingerprint density at radius 1 is 1.50 bits per heavy atom. The lowest BCUT2D eigenvalue weighted by Gasteiger charge is -2.20. The third-order valence-corrected chi connectivity index (χ3v) is 1.78. The van der Waals surface area contributed by atoms with E-state index in [2.05, 4.69) is 15.3 Å². The van der Waals surface area contributed by atoms with E-state index >= 15 is 0 Å². The second-order valence-electron chi connectivity index (χ2n) is 3.15. The highest BCUT2D eigenvalue weighted by atomic mass is 19.3. The van der Waals surface area contributed by atoms with Crippen molar-refractivity contribution >= 4 is 11.6 Å². The van der Waals surface area contributed by atoms with Crippen molar-refractivity contribution in [2.45, 2.75) is 25.8 Å². The molecule has 1 rings (SSSR count). The number of hydrogen-bond donors (Lipinski definition) is 2. The molecule has 0 fully saturated rings. The molecule has 6 heteroatoms. The standard InChI is InChI=1S/C8H12F2N4/c1-5(8(2,9)10)13-7-4-12-3-6(11)14-7/h3-5H,1-2H3,(H3,11,13,14). The van der Waals surface area contributed by atoms with E-state index in [4.69, 9.17) is 5.73 Å². The zero-order valence-electron chi connectivity index (χ0n) is 7.96. The first-order chi connectivity index (χ1) is 6.39. The number of nitrogen functional groups attached to an aromatic ring is 1. The monoisotopic (exact) mass is 202 g/mol. The number of aromatic nitrogens is 2. The molecule has 0 saturated heterocycles. The lowest BCUT2D eigenvalue weighted by molar-refractivity contribution is 0.00688. The Morgan fingerprint density at radius 2 is 2.14 bits per heavy atom. The molecule has 0 aromatic carbocycles. The molecule has 0 amide bonds. The Morgan fingerprint density at radius 3 is 2.64 bits per heavy atom. The summed E-state index contributed by atoms with van der Waals surface area (Å²) in [6.45, 7) is 2.20. The molecule has 1 unspecified atom stereocenters. The number of alkyl halides is 2. The molecular weight excluding hydrogens is 190 g/mol. The fourth-order valence-electron chi connectivity index (χ4n) is 0.799. The second-order valence-corrected chi connectivity index (χ2v) is 3.15. The molecule has 78 valence electrons. The minimum atomic E-state index is -2.81. The van der Waals surface area contributed by atoms with Crippen molar-refractivity contribution in [1.82, 2.24) is 9.97 Å². The predicted octanol–water partition coefficient (Wildman–Crippen LogP) is 1.51. The molecule has 0 aliphatic rings. The van der Waals surface area contributed by atoms with E-state index in [1.807, 2.05) is 0 Å². The van der Waals surface area contributed by atoms with E-state index in [0.717, 1.165) is 6.92 Å². The van der Waals surface area contributed by atoms with Crippen molar-refractivity contribution < 1.29 is 8.78 Å². The fourth-order valence-corrected chi connectivity index (χ4v) is 0.799. The van der Waals surface area contributed by atoms with Gasteiger partial charge in [-0.25, -0.2) is 13.8 Å². The summed E-state index contributed by atoms with van der Waals surface area (Å²) in [4.78, 5) is 7.52. The van der Waals surface area contributed by atoms with Gasteiger partial charge in [0.1, 0.15) is 11.6 Å². The molecule has 0 radical (unpaired) electrons. The minimum Gasteiger partial charge on any atom is -0.382 e. The number of halogens is 2. The molecule has 0 aliphatic heterocycles. The summed E-state index contributed by atoms with van der Waals surface area (Å²) in [7, 11) is 0. The average molecular weight is 202 g/mol. The first-order valence-corrected chi connectivity index (χ1v) is 4.11. The van der Waals surface area contributed by atoms with E-state index in [0.29, 0.717) is 0 Å². The summed E-state index contributed by atoms with van der Waals surface area (Å²) in [5, 5.41) is 2.52. The van der Waals surface area contributed by atoms with E-state index < -0.39 is 12.0 Å². The summed E-state index contributed by atoms with van der Waals surface area (Å²) < 4.78 is 25.5. The smallest absolute Gasteiger partial charge is 0.264 e. The molecule has 0 bridgehead atoms. The molecule has 1 atom stereocenters. The van der Waals surface area contributed by atoms with Gasteiger partial charge in [0.25, 0.3) is 5.92 Å². The lowest BCUT2D eigenvalue weighted by Crippen LogP contribution is -2.34. The second kappa shape index (κ2) is 3.73. The summed E-state index contributed by atoms with van der Waals surface area (Å²) in [6, 6.07) is -1.02. The van der Waals surface area contributed by atoms with Gasteiger partial charge in [0.15, 0.2) is 0 Å². The number of rotatable bonds is 3. The van der Waals surface area contributed by atoms with E-state index in [-0.39, 0.29) is 11.6 Å². The number of hydrogen-bond acceptors (Lipinski definition) is 4. The van der Waals surface area contributed by atoms with Gasteiger partial charge >= 0.3 is 0 Å². The molecule has 1 aromatic heterocycles. The molecular formula is C8H12F2N4. The van der Waals surface area contributed by atoms with Crippen LogP contribution in [0.25, 0.3) is 0 Å². The summed E-state index contributed by atoms with van der Waals surface area (Å²) in [6.07, 6.45) is 2.69. The van der Waals surface area contributed by atoms with Crippen LogP contribution in [0.15, 0.2) is 12.4 Å². The topological polar surface area (TPSA) is 63.8 Å². The van der Waals surface area contributed by atoms with Crippen molar-refractivity contribution in [3.8, 4) is 0 Å². The highest BCUT2D eigenvalue weighted by Crippen LogP contribution is 2.20. The van der Waals surface area contributed by atoms with Gasteiger partial charge in [0, 0.05) is 6.92 Å². The maximum Gasteiger partial charge on any atom is 0.264 e. The Balaban J connectivity index is 2.70. The molecule has 0 aliphatic carbocycles. The Kier molecular flexibility index (Phi) is 2.83. The van der Waals surface area contributed by atoms with Crippen LogP contribution in [0.5, 0.6) is 0 Å². The van der Waals surface area contributed by atoms with E-state index in [9.17, 15) is 8.78 Å². The maximum atomic E-state index is 12.8. The Bertz CT molecular complexity index is 310. The first kappa shape index (κ1) is 10.6. The van der Waals surface area contributed by atoms with Crippen LogP contribution in [-0.2, 0) is 0 Å². The Hall–Kier alpha value is -1.46. The van der Waals surface area contributed by atoms with Gasteiger partial charge < -0.3 is 11.1 Å². The molecule has 1 heterocycles. The molecule has 0 saturated carbocycles. The molecule has 14 heavy (non-hydrogen) atoms. The zero-order valence-corrected chi connectivity index (χ0v) is 7.96. The third-order valence-electron chi connectivity index (χ3n) is 1.78. The van der Waals surface area contributed by atoms with E-state index in [1.54, 1.807) is 0 Å². The number of nitrogens with two attached hydrogens (primary N) is 1. The van der Waals surface area contributed by atoms with Crippen LogP contribution in [0.2, 0.25) is 0 Å². The normalized spacial score (nSPS) is 13.7. The van der Waals surface area contributed by atoms with Crippen LogP contribution < -0.4 is 11.1 Å². The quantitative estimate of drug-likeness (QED) is 0.779. The Labute approximate surface area is 80.6 Å².